The number of para-hydroxylation sites is 2. The second kappa shape index (κ2) is 11.0. The topological polar surface area (TPSA) is 116 Å². The SMILES string of the molecule is O=C(Nc1cccc(NC(=O)c2ccccc2NC(=O)C(F)(F)F)c1)c1ccccc1NC(=O)C(F)(F)F. The predicted molar refractivity (Wildman–Crippen MR) is 125 cm³/mol. The molecule has 3 aromatic rings. The third kappa shape index (κ3) is 7.09. The smallest absolute Gasteiger partial charge is 0.322 e. The molecule has 4 N–H and O–H groups in total. The first kappa shape index (κ1) is 27.7. The zero-order valence-corrected chi connectivity index (χ0v) is 18.8. The summed E-state index contributed by atoms with van der Waals surface area (Å²) in [7, 11) is 0. The second-order valence-corrected chi connectivity index (χ2v) is 7.48. The highest BCUT2D eigenvalue weighted by atomic mass is 19.4. The zero-order chi connectivity index (χ0) is 28.1. The molecule has 14 heteroatoms. The molecular formula is C24H16F6N4O4. The van der Waals surface area contributed by atoms with Crippen molar-refractivity contribution in [2.24, 2.45) is 0 Å². The molecule has 4 amide bonds. The van der Waals surface area contributed by atoms with Crippen LogP contribution in [0.15, 0.2) is 72.8 Å². The number of halogens is 6. The molecule has 0 saturated carbocycles. The average Bonchev–Trinajstić information content (AvgIpc) is 2.83. The Kier molecular flexibility index (Phi) is 8.04. The third-order valence-corrected chi connectivity index (χ3v) is 4.73. The van der Waals surface area contributed by atoms with E-state index < -0.39 is 47.4 Å². The van der Waals surface area contributed by atoms with Crippen molar-refractivity contribution in [3.8, 4) is 0 Å². The Hall–Kier alpha value is -4.88. The third-order valence-electron chi connectivity index (χ3n) is 4.73. The van der Waals surface area contributed by atoms with Crippen LogP contribution in [-0.2, 0) is 9.59 Å². The fourth-order valence-electron chi connectivity index (χ4n) is 3.04. The fourth-order valence-corrected chi connectivity index (χ4v) is 3.04. The van der Waals surface area contributed by atoms with Gasteiger partial charge in [-0.1, -0.05) is 30.3 Å². The van der Waals surface area contributed by atoms with Crippen molar-refractivity contribution in [2.45, 2.75) is 12.4 Å². The molecule has 0 bridgehead atoms. The van der Waals surface area contributed by atoms with Crippen molar-refractivity contribution >= 4 is 46.4 Å². The van der Waals surface area contributed by atoms with Crippen molar-refractivity contribution in [3.05, 3.63) is 83.9 Å². The summed E-state index contributed by atoms with van der Waals surface area (Å²) in [6.07, 6.45) is -10.4. The van der Waals surface area contributed by atoms with Gasteiger partial charge in [0.25, 0.3) is 11.8 Å². The molecule has 3 aromatic carbocycles. The van der Waals surface area contributed by atoms with Gasteiger partial charge in [0.1, 0.15) is 0 Å². The highest BCUT2D eigenvalue weighted by Gasteiger charge is 2.40. The van der Waals surface area contributed by atoms with Gasteiger partial charge in [-0.15, -0.1) is 0 Å². The number of amides is 4. The van der Waals surface area contributed by atoms with Crippen molar-refractivity contribution in [1.29, 1.82) is 0 Å². The summed E-state index contributed by atoms with van der Waals surface area (Å²) >= 11 is 0. The van der Waals surface area contributed by atoms with Gasteiger partial charge in [-0.25, -0.2) is 0 Å². The lowest BCUT2D eigenvalue weighted by Gasteiger charge is -2.14. The Labute approximate surface area is 210 Å². The molecule has 0 aliphatic rings. The number of hydrogen-bond acceptors (Lipinski definition) is 4. The Balaban J connectivity index is 1.76. The number of carbonyl (C=O) groups is 4. The maximum atomic E-state index is 12.7. The second-order valence-electron chi connectivity index (χ2n) is 7.48. The number of rotatable bonds is 6. The summed E-state index contributed by atoms with van der Waals surface area (Å²) < 4.78 is 75.6. The van der Waals surface area contributed by atoms with E-state index in [0.29, 0.717) is 0 Å². The van der Waals surface area contributed by atoms with Gasteiger partial charge in [-0.3, -0.25) is 19.2 Å². The van der Waals surface area contributed by atoms with Gasteiger partial charge >= 0.3 is 24.2 Å². The van der Waals surface area contributed by atoms with Crippen LogP contribution in [0.1, 0.15) is 20.7 Å². The lowest BCUT2D eigenvalue weighted by molar-refractivity contribution is -0.167. The van der Waals surface area contributed by atoms with Crippen LogP contribution in [-0.4, -0.2) is 36.0 Å². The number of nitrogens with one attached hydrogen (secondary N) is 4. The number of carbonyl (C=O) groups excluding carboxylic acids is 4. The van der Waals surface area contributed by atoms with Crippen LogP contribution in [0.3, 0.4) is 0 Å². The molecule has 0 spiro atoms. The highest BCUT2D eigenvalue weighted by Crippen LogP contribution is 2.25. The Morgan fingerprint density at radius 1 is 0.500 bits per heavy atom. The standard InChI is InChI=1S/C24H16F6N4O4/c25-23(26,27)21(37)33-17-10-3-1-8-15(17)19(35)31-13-6-5-7-14(12-13)32-20(36)16-9-2-4-11-18(16)34-22(38)24(28,29)30/h1-12H,(H,31,35)(H,32,36)(H,33,37)(H,34,38). The molecule has 38 heavy (non-hydrogen) atoms. The minimum absolute atomic E-state index is 0.0865. The van der Waals surface area contributed by atoms with Gasteiger partial charge in [-0.05, 0) is 42.5 Å². The van der Waals surface area contributed by atoms with E-state index in [-0.39, 0.29) is 22.5 Å². The molecule has 0 aliphatic carbocycles. The lowest BCUT2D eigenvalue weighted by atomic mass is 10.1. The summed E-state index contributed by atoms with van der Waals surface area (Å²) in [6, 6.07) is 15.4. The molecular weight excluding hydrogens is 522 g/mol. The van der Waals surface area contributed by atoms with Crippen molar-refractivity contribution < 1.29 is 45.5 Å². The van der Waals surface area contributed by atoms with Gasteiger partial charge in [0.2, 0.25) is 0 Å². The molecule has 198 valence electrons. The summed E-state index contributed by atoms with van der Waals surface area (Å²) in [5, 5.41) is 8.06. The van der Waals surface area contributed by atoms with E-state index in [4.69, 9.17) is 0 Å². The summed E-state index contributed by atoms with van der Waals surface area (Å²) in [4.78, 5) is 47.9. The first-order chi connectivity index (χ1) is 17.8. The summed E-state index contributed by atoms with van der Waals surface area (Å²) in [6.45, 7) is 0. The van der Waals surface area contributed by atoms with Gasteiger partial charge in [0, 0.05) is 11.4 Å². The average molecular weight is 538 g/mol. The largest absolute Gasteiger partial charge is 0.471 e. The first-order valence-electron chi connectivity index (χ1n) is 10.4. The van der Waals surface area contributed by atoms with E-state index in [9.17, 15) is 45.5 Å². The number of hydrogen-bond donors (Lipinski definition) is 4. The zero-order valence-electron chi connectivity index (χ0n) is 18.8. The van der Waals surface area contributed by atoms with Gasteiger partial charge in [0.05, 0.1) is 22.5 Å². The molecule has 0 radical (unpaired) electrons. The van der Waals surface area contributed by atoms with Crippen molar-refractivity contribution in [3.63, 3.8) is 0 Å². The van der Waals surface area contributed by atoms with Crippen LogP contribution in [0.5, 0.6) is 0 Å². The quantitative estimate of drug-likeness (QED) is 0.323. The van der Waals surface area contributed by atoms with Crippen molar-refractivity contribution in [1.82, 2.24) is 0 Å². The van der Waals surface area contributed by atoms with E-state index in [1.54, 1.807) is 10.6 Å². The minimum Gasteiger partial charge on any atom is -0.322 e. The minimum atomic E-state index is -5.18. The van der Waals surface area contributed by atoms with Gasteiger partial charge in [0.15, 0.2) is 0 Å². The van der Waals surface area contributed by atoms with Crippen LogP contribution < -0.4 is 21.3 Å². The van der Waals surface area contributed by atoms with E-state index in [1.807, 2.05) is 0 Å². The predicted octanol–water partition coefficient (Wildman–Crippen LogP) is 5.19. The molecule has 0 aliphatic heterocycles. The van der Waals surface area contributed by atoms with E-state index in [0.717, 1.165) is 12.1 Å². The van der Waals surface area contributed by atoms with Crippen LogP contribution in [0.2, 0.25) is 0 Å². The molecule has 0 fully saturated rings. The van der Waals surface area contributed by atoms with E-state index in [2.05, 4.69) is 10.6 Å². The van der Waals surface area contributed by atoms with Crippen LogP contribution in [0.25, 0.3) is 0 Å². The van der Waals surface area contributed by atoms with Crippen LogP contribution >= 0.6 is 0 Å². The van der Waals surface area contributed by atoms with Gasteiger partial charge < -0.3 is 21.3 Å². The van der Waals surface area contributed by atoms with E-state index >= 15 is 0 Å². The Bertz CT molecular complexity index is 1290. The monoisotopic (exact) mass is 538 g/mol. The number of alkyl halides is 6. The number of benzene rings is 3. The molecule has 3 rings (SSSR count). The first-order valence-corrected chi connectivity index (χ1v) is 10.4. The summed E-state index contributed by atoms with van der Waals surface area (Å²) in [5.41, 5.74) is -1.18. The molecule has 0 unspecified atom stereocenters. The Morgan fingerprint density at radius 3 is 1.24 bits per heavy atom. The molecule has 0 heterocycles. The summed E-state index contributed by atoms with van der Waals surface area (Å²) in [5.74, 6) is -6.30. The molecule has 0 saturated heterocycles. The molecule has 0 aromatic heterocycles. The normalized spacial score (nSPS) is 11.3. The fraction of sp³-hybridized carbons (Fsp3) is 0.0833. The van der Waals surface area contributed by atoms with E-state index in [1.165, 1.54) is 60.7 Å². The molecule has 0 atom stereocenters. The molecule has 8 nitrogen and oxygen atoms in total. The highest BCUT2D eigenvalue weighted by molar-refractivity contribution is 6.12. The van der Waals surface area contributed by atoms with Crippen LogP contribution in [0, 0.1) is 0 Å². The van der Waals surface area contributed by atoms with Gasteiger partial charge in [-0.2, -0.15) is 26.3 Å². The Morgan fingerprint density at radius 2 is 0.868 bits per heavy atom. The van der Waals surface area contributed by atoms with Crippen LogP contribution in [0.4, 0.5) is 49.1 Å². The van der Waals surface area contributed by atoms with Crippen molar-refractivity contribution in [2.75, 3.05) is 21.3 Å². The maximum absolute atomic E-state index is 12.7. The number of anilines is 4. The maximum Gasteiger partial charge on any atom is 0.471 e. The lowest BCUT2D eigenvalue weighted by Crippen LogP contribution is -2.31.